The maximum atomic E-state index is 11.5. The molecule has 2 aromatic rings. The first kappa shape index (κ1) is 22.4. The van der Waals surface area contributed by atoms with E-state index in [-0.39, 0.29) is 4.90 Å². The Morgan fingerprint density at radius 1 is 1.00 bits per heavy atom. The van der Waals surface area contributed by atoms with Crippen LogP contribution in [-0.2, 0) is 23.0 Å². The summed E-state index contributed by atoms with van der Waals surface area (Å²) < 4.78 is 32.4. The molecule has 4 heteroatoms. The molecule has 134 valence electrons. The highest BCUT2D eigenvalue weighted by Crippen LogP contribution is 2.29. The Bertz CT molecular complexity index is 762. The highest BCUT2D eigenvalue weighted by atomic mass is 32.2. The zero-order valence-electron chi connectivity index (χ0n) is 15.5. The van der Waals surface area contributed by atoms with E-state index in [2.05, 4.69) is 40.0 Å². The van der Waals surface area contributed by atoms with Crippen LogP contribution < -0.4 is 0 Å². The van der Waals surface area contributed by atoms with Crippen LogP contribution in [0.3, 0.4) is 0 Å². The molecule has 0 aliphatic rings. The lowest BCUT2D eigenvalue weighted by atomic mass is 9.96. The van der Waals surface area contributed by atoms with E-state index in [0.29, 0.717) is 12.0 Å². The van der Waals surface area contributed by atoms with Gasteiger partial charge in [-0.15, -0.1) is 13.2 Å². The molecule has 0 fully saturated rings. The Balaban J connectivity index is 0.000000952. The molecule has 24 heavy (non-hydrogen) atoms. The van der Waals surface area contributed by atoms with Crippen molar-refractivity contribution in [1.29, 1.82) is 0 Å². The minimum Gasteiger partial charge on any atom is -0.282 e. The molecule has 0 atom stereocenters. The van der Waals surface area contributed by atoms with Gasteiger partial charge in [-0.3, -0.25) is 4.55 Å². The summed E-state index contributed by atoms with van der Waals surface area (Å²) in [7, 11) is -4.18. The molecule has 3 nitrogen and oxygen atoms in total. The normalized spacial score (nSPS) is 10.4. The number of fused-ring (bicyclic) bond motifs is 1. The summed E-state index contributed by atoms with van der Waals surface area (Å²) in [5, 5.41) is 1.91. The number of hydrogen-bond acceptors (Lipinski definition) is 2. The largest absolute Gasteiger partial charge is 0.294 e. The second-order valence-electron chi connectivity index (χ2n) is 5.42. The van der Waals surface area contributed by atoms with E-state index in [1.165, 1.54) is 6.42 Å². The lowest BCUT2D eigenvalue weighted by Gasteiger charge is -2.13. The fourth-order valence-corrected chi connectivity index (χ4v) is 3.42. The molecule has 0 unspecified atom stereocenters. The Kier molecular flexibility index (Phi) is 9.56. The first-order chi connectivity index (χ1) is 11.3. The summed E-state index contributed by atoms with van der Waals surface area (Å²) >= 11 is 0. The van der Waals surface area contributed by atoms with Crippen LogP contribution in [0, 0.1) is 6.92 Å². The van der Waals surface area contributed by atoms with Crippen LogP contribution in [-0.4, -0.2) is 13.0 Å². The van der Waals surface area contributed by atoms with E-state index in [1.807, 2.05) is 26.0 Å². The van der Waals surface area contributed by atoms with E-state index in [1.54, 1.807) is 6.07 Å². The van der Waals surface area contributed by atoms with Crippen LogP contribution >= 0.6 is 0 Å². The van der Waals surface area contributed by atoms with Crippen LogP contribution in [0.2, 0.25) is 0 Å². The molecule has 0 radical (unpaired) electrons. The molecule has 1 N–H and O–H groups in total. The number of benzene rings is 2. The summed E-state index contributed by atoms with van der Waals surface area (Å²) in [6.07, 6.45) is 2.72. The number of aryl methyl sites for hydroxylation is 2. The van der Waals surface area contributed by atoms with E-state index in [9.17, 15) is 13.0 Å². The van der Waals surface area contributed by atoms with Crippen molar-refractivity contribution < 1.29 is 13.0 Å². The summed E-state index contributed by atoms with van der Waals surface area (Å²) in [6, 6.07) is 7.64. The third-order valence-electron chi connectivity index (χ3n) is 3.60. The van der Waals surface area contributed by atoms with Gasteiger partial charge in [-0.2, -0.15) is 8.42 Å². The van der Waals surface area contributed by atoms with Crippen molar-refractivity contribution in [2.45, 2.75) is 58.8 Å². The Morgan fingerprint density at radius 2 is 1.54 bits per heavy atom. The minimum atomic E-state index is -4.18. The zero-order chi connectivity index (χ0) is 18.9. The van der Waals surface area contributed by atoms with Crippen LogP contribution in [0.1, 0.15) is 50.8 Å². The van der Waals surface area contributed by atoms with Crippen molar-refractivity contribution in [3.63, 3.8) is 0 Å². The van der Waals surface area contributed by atoms with Crippen molar-refractivity contribution in [3.8, 4) is 0 Å². The van der Waals surface area contributed by atoms with Crippen molar-refractivity contribution in [3.05, 3.63) is 54.1 Å². The maximum absolute atomic E-state index is 11.5. The zero-order valence-corrected chi connectivity index (χ0v) is 16.3. The third-order valence-corrected chi connectivity index (χ3v) is 4.52. The molecule has 0 amide bonds. The highest BCUT2D eigenvalue weighted by Gasteiger charge is 2.18. The van der Waals surface area contributed by atoms with Crippen LogP contribution in [0.5, 0.6) is 0 Å². The van der Waals surface area contributed by atoms with Crippen LogP contribution in [0.4, 0.5) is 0 Å². The van der Waals surface area contributed by atoms with Crippen molar-refractivity contribution in [2.75, 3.05) is 0 Å². The standard InChI is InChI=1S/C15H18O3S.C3H8.C2H4/c1-4-11-6-7-14-10(3)13(5-2)15(19(16,17)18)9-12(14)8-11;1-3-2;1-2/h6-9H,4-5H2,1-3H3,(H,16,17,18);3H2,1-2H3;1-2H2. The molecule has 0 aliphatic heterocycles. The molecule has 2 rings (SSSR count). The van der Waals surface area contributed by atoms with Crippen molar-refractivity contribution in [2.24, 2.45) is 0 Å². The Morgan fingerprint density at radius 3 is 1.96 bits per heavy atom. The van der Waals surface area contributed by atoms with E-state index in [4.69, 9.17) is 0 Å². The molecule has 2 aromatic carbocycles. The van der Waals surface area contributed by atoms with Gasteiger partial charge in [0.25, 0.3) is 10.1 Å². The van der Waals surface area contributed by atoms with Gasteiger partial charge in [-0.1, -0.05) is 52.3 Å². The monoisotopic (exact) mass is 350 g/mol. The smallest absolute Gasteiger partial charge is 0.282 e. The van der Waals surface area contributed by atoms with Crippen molar-refractivity contribution >= 4 is 20.9 Å². The number of rotatable bonds is 3. The maximum Gasteiger partial charge on any atom is 0.294 e. The van der Waals surface area contributed by atoms with Crippen LogP contribution in [0.25, 0.3) is 10.8 Å². The van der Waals surface area contributed by atoms with Gasteiger partial charge in [0.2, 0.25) is 0 Å². The van der Waals surface area contributed by atoms with Crippen LogP contribution in [0.15, 0.2) is 42.3 Å². The van der Waals surface area contributed by atoms with Gasteiger partial charge in [-0.05, 0) is 53.3 Å². The topological polar surface area (TPSA) is 54.4 Å². The molecule has 0 spiro atoms. The number of hydrogen-bond donors (Lipinski definition) is 1. The second-order valence-corrected chi connectivity index (χ2v) is 6.81. The predicted octanol–water partition coefficient (Wildman–Crippen LogP) is 5.74. The average molecular weight is 351 g/mol. The SMILES string of the molecule is C=C.CCC.CCc1ccc2c(C)c(CC)c(S(=O)(=O)O)cc2c1. The summed E-state index contributed by atoms with van der Waals surface area (Å²) in [4.78, 5) is 0.0354. The quantitative estimate of drug-likeness (QED) is 0.567. The first-order valence-corrected chi connectivity index (χ1v) is 9.76. The summed E-state index contributed by atoms with van der Waals surface area (Å²) in [5.41, 5.74) is 2.77. The third kappa shape index (κ3) is 5.46. The highest BCUT2D eigenvalue weighted by molar-refractivity contribution is 7.85. The summed E-state index contributed by atoms with van der Waals surface area (Å²) in [6.45, 7) is 16.1. The van der Waals surface area contributed by atoms with E-state index >= 15 is 0 Å². The molecule has 0 saturated heterocycles. The lowest BCUT2D eigenvalue weighted by molar-refractivity contribution is 0.482. The molecule has 0 saturated carbocycles. The first-order valence-electron chi connectivity index (χ1n) is 8.32. The molecule has 0 bridgehead atoms. The lowest BCUT2D eigenvalue weighted by Crippen LogP contribution is -2.05. The minimum absolute atomic E-state index is 0.0354. The van der Waals surface area contributed by atoms with Gasteiger partial charge in [-0.25, -0.2) is 0 Å². The van der Waals surface area contributed by atoms with E-state index in [0.717, 1.165) is 28.3 Å². The Hall–Kier alpha value is -1.65. The van der Waals surface area contributed by atoms with Gasteiger partial charge in [0.1, 0.15) is 0 Å². The average Bonchev–Trinajstić information content (AvgIpc) is 2.56. The van der Waals surface area contributed by atoms with Gasteiger partial charge >= 0.3 is 0 Å². The molecule has 0 aromatic heterocycles. The fraction of sp³-hybridized carbons (Fsp3) is 0.400. The molecular weight excluding hydrogens is 320 g/mol. The van der Waals surface area contributed by atoms with Gasteiger partial charge < -0.3 is 0 Å². The molecule has 0 aliphatic carbocycles. The molecule has 0 heterocycles. The summed E-state index contributed by atoms with van der Waals surface area (Å²) in [5.74, 6) is 0. The predicted molar refractivity (Wildman–Crippen MR) is 104 cm³/mol. The van der Waals surface area contributed by atoms with Gasteiger partial charge in [0.15, 0.2) is 0 Å². The van der Waals surface area contributed by atoms with Gasteiger partial charge in [0.05, 0.1) is 4.90 Å². The second kappa shape index (κ2) is 10.3. The van der Waals surface area contributed by atoms with E-state index < -0.39 is 10.1 Å². The molecular formula is C20H30O3S. The van der Waals surface area contributed by atoms with Gasteiger partial charge in [0, 0.05) is 0 Å². The fourth-order valence-electron chi connectivity index (χ4n) is 2.54. The Labute approximate surface area is 147 Å². The van der Waals surface area contributed by atoms with Crippen molar-refractivity contribution in [1.82, 2.24) is 0 Å².